The van der Waals surface area contributed by atoms with E-state index in [0.717, 1.165) is 11.2 Å². The third-order valence-corrected chi connectivity index (χ3v) is 4.57. The fourth-order valence-electron chi connectivity index (χ4n) is 3.38. The van der Waals surface area contributed by atoms with Crippen LogP contribution in [-0.2, 0) is 4.79 Å². The quantitative estimate of drug-likeness (QED) is 0.769. The molecule has 0 radical (unpaired) electrons. The molecule has 1 atom stereocenters. The Labute approximate surface area is 146 Å². The van der Waals surface area contributed by atoms with Crippen LogP contribution in [0.25, 0.3) is 11.2 Å². The molecule has 1 amide bonds. The van der Waals surface area contributed by atoms with Gasteiger partial charge in [-0.15, -0.1) is 0 Å². The summed E-state index contributed by atoms with van der Waals surface area (Å²) in [6.45, 7) is -0.277. The molecule has 1 aliphatic heterocycles. The summed E-state index contributed by atoms with van der Waals surface area (Å²) in [5.41, 5.74) is 1.72. The molecule has 0 spiro atoms. The predicted octanol–water partition coefficient (Wildman–Crippen LogP) is 1.88. The lowest BCUT2D eigenvalue weighted by molar-refractivity contribution is -0.140. The molecule has 1 saturated heterocycles. The Morgan fingerprint density at radius 1 is 1.35 bits per heavy atom. The van der Waals surface area contributed by atoms with E-state index >= 15 is 0 Å². The predicted molar refractivity (Wildman–Crippen MR) is 87.9 cm³/mol. The highest BCUT2D eigenvalue weighted by atomic mass is 19.4. The van der Waals surface area contributed by atoms with E-state index in [9.17, 15) is 18.0 Å². The van der Waals surface area contributed by atoms with Crippen molar-refractivity contribution in [3.05, 3.63) is 30.7 Å². The lowest BCUT2D eigenvalue weighted by Crippen LogP contribution is -2.45. The molecular formula is C16H17F3N6O. The molecule has 26 heavy (non-hydrogen) atoms. The molecule has 10 heteroatoms. The SMILES string of the molecule is O=C(NCC(F)(F)F)C1CCCN(c2ncc3ccn4nccc4n23)C1. The van der Waals surface area contributed by atoms with Crippen LogP contribution >= 0.6 is 0 Å². The number of amides is 1. The van der Waals surface area contributed by atoms with Gasteiger partial charge in [0.1, 0.15) is 12.2 Å². The van der Waals surface area contributed by atoms with E-state index in [0.29, 0.717) is 31.9 Å². The minimum absolute atomic E-state index is 0.331. The number of anilines is 1. The zero-order valence-electron chi connectivity index (χ0n) is 13.8. The molecule has 0 aliphatic carbocycles. The maximum Gasteiger partial charge on any atom is 0.405 e. The number of hydrogen-bond donors (Lipinski definition) is 1. The van der Waals surface area contributed by atoms with E-state index in [2.05, 4.69) is 10.1 Å². The molecule has 1 aliphatic rings. The fraction of sp³-hybridized carbons (Fsp3) is 0.438. The molecule has 0 bridgehead atoms. The van der Waals surface area contributed by atoms with Gasteiger partial charge in [0.25, 0.3) is 0 Å². The van der Waals surface area contributed by atoms with Crippen LogP contribution in [0, 0.1) is 5.92 Å². The van der Waals surface area contributed by atoms with Gasteiger partial charge in [0.15, 0.2) is 0 Å². The van der Waals surface area contributed by atoms with Crippen molar-refractivity contribution in [1.29, 1.82) is 0 Å². The number of piperidine rings is 1. The van der Waals surface area contributed by atoms with Crippen LogP contribution in [0.1, 0.15) is 12.8 Å². The van der Waals surface area contributed by atoms with Crippen LogP contribution in [0.4, 0.5) is 19.1 Å². The zero-order valence-corrected chi connectivity index (χ0v) is 13.8. The van der Waals surface area contributed by atoms with Crippen molar-refractivity contribution in [3.8, 4) is 0 Å². The van der Waals surface area contributed by atoms with Gasteiger partial charge in [-0.25, -0.2) is 9.50 Å². The lowest BCUT2D eigenvalue weighted by atomic mass is 9.97. The van der Waals surface area contributed by atoms with Crippen molar-refractivity contribution in [2.75, 3.05) is 24.5 Å². The number of nitrogens with one attached hydrogen (secondary N) is 1. The molecule has 4 rings (SSSR count). The number of imidazole rings is 1. The Balaban J connectivity index is 1.57. The molecule has 1 fully saturated rings. The first-order valence-corrected chi connectivity index (χ1v) is 8.31. The molecule has 3 aromatic rings. The van der Waals surface area contributed by atoms with Gasteiger partial charge >= 0.3 is 6.18 Å². The Kier molecular flexibility index (Phi) is 3.97. The lowest BCUT2D eigenvalue weighted by Gasteiger charge is -2.32. The maximum atomic E-state index is 12.3. The van der Waals surface area contributed by atoms with Crippen LogP contribution in [0.3, 0.4) is 0 Å². The number of rotatable bonds is 3. The minimum Gasteiger partial charge on any atom is -0.347 e. The minimum atomic E-state index is -4.41. The summed E-state index contributed by atoms with van der Waals surface area (Å²) in [5, 5.41) is 6.19. The van der Waals surface area contributed by atoms with Crippen molar-refractivity contribution >= 4 is 23.0 Å². The Bertz CT molecular complexity index is 946. The fourth-order valence-corrected chi connectivity index (χ4v) is 3.38. The van der Waals surface area contributed by atoms with E-state index < -0.39 is 24.5 Å². The highest BCUT2D eigenvalue weighted by Crippen LogP contribution is 2.25. The van der Waals surface area contributed by atoms with Crippen molar-refractivity contribution in [1.82, 2.24) is 24.3 Å². The van der Waals surface area contributed by atoms with E-state index in [1.54, 1.807) is 16.9 Å². The van der Waals surface area contributed by atoms with Crippen LogP contribution in [-0.4, -0.2) is 50.7 Å². The molecule has 138 valence electrons. The molecule has 1 unspecified atom stereocenters. The van der Waals surface area contributed by atoms with E-state index in [1.807, 2.05) is 32.9 Å². The third-order valence-electron chi connectivity index (χ3n) is 4.57. The van der Waals surface area contributed by atoms with Crippen LogP contribution in [0.15, 0.2) is 30.7 Å². The summed E-state index contributed by atoms with van der Waals surface area (Å²) in [6.07, 6.45) is 2.11. The largest absolute Gasteiger partial charge is 0.405 e. The van der Waals surface area contributed by atoms with Gasteiger partial charge in [-0.1, -0.05) is 0 Å². The van der Waals surface area contributed by atoms with E-state index in [4.69, 9.17) is 0 Å². The zero-order chi connectivity index (χ0) is 18.3. The number of aromatic nitrogens is 4. The number of hydrogen-bond acceptors (Lipinski definition) is 4. The van der Waals surface area contributed by atoms with Crippen molar-refractivity contribution < 1.29 is 18.0 Å². The summed E-state index contributed by atoms with van der Waals surface area (Å²) < 4.78 is 40.6. The van der Waals surface area contributed by atoms with Gasteiger partial charge in [0, 0.05) is 25.4 Å². The summed E-state index contributed by atoms with van der Waals surface area (Å²) >= 11 is 0. The van der Waals surface area contributed by atoms with Gasteiger partial charge in [-0.2, -0.15) is 18.3 Å². The number of fused-ring (bicyclic) bond motifs is 3. The molecular weight excluding hydrogens is 349 g/mol. The smallest absolute Gasteiger partial charge is 0.347 e. The van der Waals surface area contributed by atoms with Gasteiger partial charge in [0.2, 0.25) is 11.9 Å². The summed E-state index contributed by atoms with van der Waals surface area (Å²) in [5.74, 6) is -0.398. The average molecular weight is 366 g/mol. The average Bonchev–Trinajstić information content (AvgIpc) is 3.24. The Hall–Kier alpha value is -2.78. The van der Waals surface area contributed by atoms with Crippen LogP contribution in [0.2, 0.25) is 0 Å². The topological polar surface area (TPSA) is 66.9 Å². The van der Waals surface area contributed by atoms with Crippen LogP contribution in [0.5, 0.6) is 0 Å². The standard InChI is InChI=1S/C16H17F3N6O/c17-16(18,19)10-21-14(26)11-2-1-6-23(9-11)15-20-8-12-4-7-24-13(25(12)15)3-5-22-24/h3-5,7-8,11H,1-2,6,9-10H2,(H,21,26). The molecule has 0 saturated carbocycles. The maximum absolute atomic E-state index is 12.3. The monoisotopic (exact) mass is 366 g/mol. The number of halogens is 3. The molecule has 7 nitrogen and oxygen atoms in total. The third kappa shape index (κ3) is 3.06. The summed E-state index contributed by atoms with van der Waals surface area (Å²) in [4.78, 5) is 18.5. The highest BCUT2D eigenvalue weighted by molar-refractivity contribution is 5.79. The van der Waals surface area contributed by atoms with Gasteiger partial charge < -0.3 is 10.2 Å². The highest BCUT2D eigenvalue weighted by Gasteiger charge is 2.32. The molecule has 3 aromatic heterocycles. The number of alkyl halides is 3. The normalized spacial score (nSPS) is 18.6. The van der Waals surface area contributed by atoms with Crippen molar-refractivity contribution in [2.24, 2.45) is 5.92 Å². The second-order valence-corrected chi connectivity index (χ2v) is 6.39. The van der Waals surface area contributed by atoms with E-state index in [-0.39, 0.29) is 0 Å². The van der Waals surface area contributed by atoms with Gasteiger partial charge in [0.05, 0.1) is 23.8 Å². The van der Waals surface area contributed by atoms with Crippen molar-refractivity contribution in [3.63, 3.8) is 0 Å². The number of carbonyl (C=O) groups is 1. The first kappa shape index (κ1) is 16.7. The summed E-state index contributed by atoms with van der Waals surface area (Å²) in [7, 11) is 0. The number of carbonyl (C=O) groups excluding carboxylic acids is 1. The van der Waals surface area contributed by atoms with Gasteiger partial charge in [-0.05, 0) is 18.9 Å². The van der Waals surface area contributed by atoms with Gasteiger partial charge in [-0.3, -0.25) is 9.20 Å². The van der Waals surface area contributed by atoms with Crippen molar-refractivity contribution in [2.45, 2.75) is 19.0 Å². The number of nitrogens with zero attached hydrogens (tertiary/aromatic N) is 5. The second kappa shape index (κ2) is 6.19. The first-order valence-electron chi connectivity index (χ1n) is 8.31. The Morgan fingerprint density at radius 3 is 3.00 bits per heavy atom. The first-order chi connectivity index (χ1) is 12.4. The molecule has 0 aromatic carbocycles. The molecule has 1 N–H and O–H groups in total. The van der Waals surface area contributed by atoms with Crippen LogP contribution < -0.4 is 10.2 Å². The molecule has 4 heterocycles. The summed E-state index contributed by atoms with van der Waals surface area (Å²) in [6, 6.07) is 3.74. The Morgan fingerprint density at radius 2 is 2.19 bits per heavy atom. The van der Waals surface area contributed by atoms with E-state index in [1.165, 1.54) is 0 Å². The second-order valence-electron chi connectivity index (χ2n) is 6.39.